The number of ether oxygens (including phenoxy) is 1. The molecule has 0 atom stereocenters. The number of amides is 2. The van der Waals surface area contributed by atoms with Gasteiger partial charge in [0.25, 0.3) is 0 Å². The Labute approximate surface area is 227 Å². The first-order valence-corrected chi connectivity index (χ1v) is 14.3. The van der Waals surface area contributed by atoms with Crippen molar-refractivity contribution in [1.29, 1.82) is 0 Å². The van der Waals surface area contributed by atoms with Gasteiger partial charge < -0.3 is 15.0 Å². The number of nitrogens with zero attached hydrogens (tertiary/aromatic N) is 3. The van der Waals surface area contributed by atoms with E-state index < -0.39 is 0 Å². The Hall–Kier alpha value is -2.67. The van der Waals surface area contributed by atoms with Crippen molar-refractivity contribution in [2.75, 3.05) is 32.1 Å². The Balaban J connectivity index is 1.37. The fourth-order valence-electron chi connectivity index (χ4n) is 7.51. The molecule has 7 nitrogen and oxygen atoms in total. The van der Waals surface area contributed by atoms with E-state index in [0.717, 1.165) is 42.6 Å². The van der Waals surface area contributed by atoms with Crippen molar-refractivity contribution in [3.63, 3.8) is 0 Å². The Morgan fingerprint density at radius 2 is 1.76 bits per heavy atom. The number of aryl methyl sites for hydroxylation is 1. The van der Waals surface area contributed by atoms with E-state index in [1.807, 2.05) is 40.8 Å². The average Bonchev–Trinajstić information content (AvgIpc) is 3.26. The fraction of sp³-hybridized carbons (Fsp3) is 0.645. The minimum Gasteiger partial charge on any atom is -0.385 e. The predicted octanol–water partition coefficient (Wildman–Crippen LogP) is 5.50. The molecule has 1 aromatic heterocycles. The average molecular weight is 521 g/mol. The molecule has 2 aromatic rings. The predicted molar refractivity (Wildman–Crippen MR) is 149 cm³/mol. The van der Waals surface area contributed by atoms with E-state index in [1.54, 1.807) is 7.11 Å². The van der Waals surface area contributed by atoms with Crippen molar-refractivity contribution in [2.24, 2.45) is 23.2 Å². The number of carbonyl (C=O) groups excluding carboxylic acids is 2. The second-order valence-corrected chi connectivity index (χ2v) is 13.2. The molecule has 0 unspecified atom stereocenters. The second-order valence-electron chi connectivity index (χ2n) is 13.2. The topological polar surface area (TPSA) is 76.5 Å². The maximum Gasteiger partial charge on any atom is 0.245 e. The number of hydrogen-bond donors (Lipinski definition) is 1. The van der Waals surface area contributed by atoms with Gasteiger partial charge >= 0.3 is 0 Å². The summed E-state index contributed by atoms with van der Waals surface area (Å²) in [4.78, 5) is 29.5. The zero-order chi connectivity index (χ0) is 27.1. The van der Waals surface area contributed by atoms with Crippen LogP contribution in [0.3, 0.4) is 0 Å². The minimum atomic E-state index is -0.273. The summed E-state index contributed by atoms with van der Waals surface area (Å²) in [7, 11) is 1.68. The molecule has 2 amide bonds. The van der Waals surface area contributed by atoms with Crippen LogP contribution >= 0.6 is 0 Å². The monoisotopic (exact) mass is 520 g/mol. The van der Waals surface area contributed by atoms with E-state index in [9.17, 15) is 9.59 Å². The third kappa shape index (κ3) is 5.54. The second kappa shape index (κ2) is 10.5. The highest BCUT2D eigenvalue weighted by Gasteiger charge is 2.55. The number of methoxy groups -OCH3 is 1. The third-order valence-corrected chi connectivity index (χ3v) is 8.88. The number of carbonyl (C=O) groups is 2. The zero-order valence-corrected chi connectivity index (χ0v) is 23.8. The first kappa shape index (κ1) is 26.9. The van der Waals surface area contributed by atoms with Crippen LogP contribution in [-0.4, -0.2) is 53.3 Å². The normalized spacial score (nSPS) is 26.0. The van der Waals surface area contributed by atoms with Crippen LogP contribution in [0, 0.1) is 30.1 Å². The number of nitrogens with one attached hydrogen (secondary N) is 1. The molecule has 1 heterocycles. The molecule has 206 valence electrons. The molecule has 4 saturated carbocycles. The van der Waals surface area contributed by atoms with Crippen molar-refractivity contribution in [3.8, 4) is 5.69 Å². The van der Waals surface area contributed by atoms with Gasteiger partial charge in [-0.15, -0.1) is 0 Å². The number of benzene rings is 1. The highest BCUT2D eigenvalue weighted by molar-refractivity contribution is 5.95. The summed E-state index contributed by atoms with van der Waals surface area (Å²) in [5.74, 6) is 2.67. The highest BCUT2D eigenvalue weighted by atomic mass is 16.5. The van der Waals surface area contributed by atoms with Gasteiger partial charge in [-0.2, -0.15) is 5.10 Å². The molecule has 1 N–H and O–H groups in total. The van der Waals surface area contributed by atoms with Crippen LogP contribution in [-0.2, 0) is 19.7 Å². The largest absolute Gasteiger partial charge is 0.385 e. The number of rotatable bonds is 9. The summed E-state index contributed by atoms with van der Waals surface area (Å²) in [6.45, 7) is 9.54. The molecule has 4 aliphatic carbocycles. The maximum absolute atomic E-state index is 14.1. The van der Waals surface area contributed by atoms with Crippen molar-refractivity contribution in [3.05, 3.63) is 41.6 Å². The summed E-state index contributed by atoms with van der Waals surface area (Å²) in [5, 5.41) is 7.96. The van der Waals surface area contributed by atoms with Crippen LogP contribution in [0.1, 0.15) is 77.0 Å². The molecule has 1 aromatic carbocycles. The maximum atomic E-state index is 14.1. The molecule has 7 heteroatoms. The zero-order valence-electron chi connectivity index (χ0n) is 23.8. The molecule has 4 fully saturated rings. The SMILES string of the molecule is COCCCN(CC(=O)Nc1cc(C(C)(C)C)nn1-c1cccc(C)c1)C(=O)C12CC3CC(CC(C3)C1)C2. The molecule has 4 bridgehead atoms. The fourth-order valence-corrected chi connectivity index (χ4v) is 7.51. The van der Waals surface area contributed by atoms with Crippen LogP contribution in [0.2, 0.25) is 0 Å². The van der Waals surface area contributed by atoms with Crippen molar-refractivity contribution in [1.82, 2.24) is 14.7 Å². The molecule has 0 saturated heterocycles. The highest BCUT2D eigenvalue weighted by Crippen LogP contribution is 2.60. The van der Waals surface area contributed by atoms with E-state index >= 15 is 0 Å². The van der Waals surface area contributed by atoms with Crippen molar-refractivity contribution >= 4 is 17.6 Å². The van der Waals surface area contributed by atoms with Crippen LogP contribution in [0.15, 0.2) is 30.3 Å². The minimum absolute atomic E-state index is 0.0497. The van der Waals surface area contributed by atoms with Crippen LogP contribution < -0.4 is 5.32 Å². The molecule has 4 aliphatic rings. The van der Waals surface area contributed by atoms with Crippen molar-refractivity contribution < 1.29 is 14.3 Å². The van der Waals surface area contributed by atoms with E-state index in [2.05, 4.69) is 32.2 Å². The number of hydrogen-bond acceptors (Lipinski definition) is 4. The van der Waals surface area contributed by atoms with Gasteiger partial charge in [0, 0.05) is 31.7 Å². The van der Waals surface area contributed by atoms with Gasteiger partial charge in [-0.05, 0) is 87.3 Å². The summed E-state index contributed by atoms with van der Waals surface area (Å²) >= 11 is 0. The molecule has 6 rings (SSSR count). The van der Waals surface area contributed by atoms with Crippen LogP contribution in [0.5, 0.6) is 0 Å². The van der Waals surface area contributed by atoms with Gasteiger partial charge in [0.2, 0.25) is 11.8 Å². The quantitative estimate of drug-likeness (QED) is 0.443. The lowest BCUT2D eigenvalue weighted by atomic mass is 9.49. The van der Waals surface area contributed by atoms with Crippen molar-refractivity contribution in [2.45, 2.75) is 78.1 Å². The summed E-state index contributed by atoms with van der Waals surface area (Å²) < 4.78 is 7.09. The molecule has 0 radical (unpaired) electrons. The first-order chi connectivity index (χ1) is 18.1. The van der Waals surface area contributed by atoms with Gasteiger partial charge in [-0.25, -0.2) is 4.68 Å². The number of anilines is 1. The third-order valence-electron chi connectivity index (χ3n) is 8.88. The molecule has 0 spiro atoms. The molecular formula is C31H44N4O3. The summed E-state index contributed by atoms with van der Waals surface area (Å²) in [6, 6.07) is 10.1. The number of aromatic nitrogens is 2. The first-order valence-electron chi connectivity index (χ1n) is 14.3. The smallest absolute Gasteiger partial charge is 0.245 e. The lowest BCUT2D eigenvalue weighted by Gasteiger charge is -2.56. The summed E-state index contributed by atoms with van der Waals surface area (Å²) in [6.07, 6.45) is 7.57. The van der Waals surface area contributed by atoms with E-state index in [0.29, 0.717) is 36.7 Å². The Bertz CT molecular complexity index is 1140. The van der Waals surface area contributed by atoms with Crippen LogP contribution in [0.25, 0.3) is 5.69 Å². The molecular weight excluding hydrogens is 476 g/mol. The Morgan fingerprint density at radius 1 is 1.11 bits per heavy atom. The van der Waals surface area contributed by atoms with Gasteiger partial charge in [0.1, 0.15) is 5.82 Å². The van der Waals surface area contributed by atoms with E-state index in [4.69, 9.17) is 9.84 Å². The van der Waals surface area contributed by atoms with Gasteiger partial charge in [0.05, 0.1) is 23.3 Å². The van der Waals surface area contributed by atoms with Gasteiger partial charge in [-0.3, -0.25) is 9.59 Å². The van der Waals surface area contributed by atoms with E-state index in [-0.39, 0.29) is 29.2 Å². The Morgan fingerprint density at radius 3 is 2.34 bits per heavy atom. The van der Waals surface area contributed by atoms with Gasteiger partial charge in [0.15, 0.2) is 0 Å². The Kier molecular flexibility index (Phi) is 7.42. The standard InChI is InChI=1S/C31H44N4O3/c1-21-8-6-9-25(12-21)35-27(16-26(33-35)30(2,3)4)32-28(36)20-34(10-7-11-38-5)29(37)31-17-22-13-23(18-31)15-24(14-22)19-31/h6,8-9,12,16,22-24H,7,10-11,13-15,17-20H2,1-5H3,(H,32,36). The van der Waals surface area contributed by atoms with Crippen LogP contribution in [0.4, 0.5) is 5.82 Å². The van der Waals surface area contributed by atoms with Gasteiger partial charge in [-0.1, -0.05) is 32.9 Å². The molecule has 38 heavy (non-hydrogen) atoms. The lowest BCUT2D eigenvalue weighted by molar-refractivity contribution is -0.159. The summed E-state index contributed by atoms with van der Waals surface area (Å²) in [5.41, 5.74) is 2.48. The lowest BCUT2D eigenvalue weighted by Crippen LogP contribution is -2.55. The van der Waals surface area contributed by atoms with E-state index in [1.165, 1.54) is 19.3 Å². The molecule has 0 aliphatic heterocycles.